The Morgan fingerprint density at radius 1 is 0.739 bits per heavy atom. The maximum absolute atomic E-state index is 14.7. The number of nitrogens with zero attached hydrogens (tertiary/aromatic N) is 2. The maximum atomic E-state index is 14.7. The molecule has 0 aliphatic carbocycles. The minimum atomic E-state index is -4.17. The summed E-state index contributed by atoms with van der Waals surface area (Å²) >= 11 is 0. The first-order chi connectivity index (χ1) is 21.6. The summed E-state index contributed by atoms with van der Waals surface area (Å²) in [6, 6.07) is 28.6. The first-order valence-corrected chi connectivity index (χ1v) is 17.0. The number of nitrogens with one attached hydrogen (secondary N) is 1. The summed E-state index contributed by atoms with van der Waals surface area (Å²) in [7, 11) is -4.17. The third kappa shape index (κ3) is 8.85. The smallest absolute Gasteiger partial charge is 0.264 e. The van der Waals surface area contributed by atoms with Gasteiger partial charge in [0, 0.05) is 18.5 Å². The van der Waals surface area contributed by atoms with Gasteiger partial charge in [0.2, 0.25) is 11.8 Å². The largest absolute Gasteiger partial charge is 0.350 e. The van der Waals surface area contributed by atoms with Crippen LogP contribution in [-0.2, 0) is 32.6 Å². The van der Waals surface area contributed by atoms with E-state index in [-0.39, 0.29) is 23.8 Å². The van der Waals surface area contributed by atoms with E-state index in [1.54, 1.807) is 30.3 Å². The van der Waals surface area contributed by atoms with Crippen molar-refractivity contribution in [3.63, 3.8) is 0 Å². The molecule has 0 saturated heterocycles. The van der Waals surface area contributed by atoms with Crippen LogP contribution in [0.5, 0.6) is 0 Å². The van der Waals surface area contributed by atoms with Gasteiger partial charge in [-0.15, -0.1) is 0 Å². The number of sulfonamides is 1. The van der Waals surface area contributed by atoms with E-state index in [2.05, 4.69) is 5.32 Å². The third-order valence-electron chi connectivity index (χ3n) is 7.76. The number of hydrogen-bond donors (Lipinski definition) is 1. The van der Waals surface area contributed by atoms with Crippen LogP contribution in [0.2, 0.25) is 0 Å². The molecule has 4 rings (SSSR count). The van der Waals surface area contributed by atoms with Gasteiger partial charge in [-0.25, -0.2) is 8.42 Å². The second-order valence-electron chi connectivity index (χ2n) is 13.1. The van der Waals surface area contributed by atoms with Crippen LogP contribution in [0.4, 0.5) is 5.69 Å². The van der Waals surface area contributed by atoms with Gasteiger partial charge in [-0.1, -0.05) is 90.0 Å². The number of carbonyl (C=O) groups is 2. The van der Waals surface area contributed by atoms with Crippen LogP contribution in [0.3, 0.4) is 0 Å². The highest BCUT2D eigenvalue weighted by molar-refractivity contribution is 7.92. The number of rotatable bonds is 11. The minimum absolute atomic E-state index is 0.0863. The van der Waals surface area contributed by atoms with Crippen LogP contribution in [0.25, 0.3) is 0 Å². The average Bonchev–Trinajstić information content (AvgIpc) is 2.99. The van der Waals surface area contributed by atoms with Crippen molar-refractivity contribution >= 4 is 27.5 Å². The molecule has 0 fully saturated rings. The van der Waals surface area contributed by atoms with Crippen molar-refractivity contribution in [2.45, 2.75) is 77.9 Å². The molecule has 0 bridgehead atoms. The fourth-order valence-corrected chi connectivity index (χ4v) is 6.71. The highest BCUT2D eigenvalue weighted by Gasteiger charge is 2.36. The number of benzene rings is 4. The zero-order valence-electron chi connectivity index (χ0n) is 27.9. The molecule has 7 nitrogen and oxygen atoms in total. The van der Waals surface area contributed by atoms with Gasteiger partial charge in [-0.05, 0) is 88.9 Å². The molecule has 0 aromatic heterocycles. The molecule has 1 atom stereocenters. The SMILES string of the molecule is Cc1ccc(CN(C(=O)CN(c2cc(C)ccc2C)S(=O)(=O)c2ccc(C)cc2)[C@@H](Cc2ccccc2)C(=O)NC(C)(C)C)cc1. The third-order valence-corrected chi connectivity index (χ3v) is 9.54. The standard InChI is InChI=1S/C38H45N3O4S/c1-27-14-19-32(20-15-27)25-40(35(37(43)39-38(5,6)7)24-31-11-9-8-10-12-31)36(42)26-41(34-23-29(3)13-18-30(34)4)46(44,45)33-21-16-28(2)17-22-33/h8-23,35H,24-26H2,1-7H3,(H,39,43)/t35-/m0/s1. The van der Waals surface area contributed by atoms with Gasteiger partial charge >= 0.3 is 0 Å². The van der Waals surface area contributed by atoms with E-state index >= 15 is 0 Å². The highest BCUT2D eigenvalue weighted by atomic mass is 32.2. The minimum Gasteiger partial charge on any atom is -0.350 e. The van der Waals surface area contributed by atoms with Crippen LogP contribution in [0, 0.1) is 27.7 Å². The highest BCUT2D eigenvalue weighted by Crippen LogP contribution is 2.29. The van der Waals surface area contributed by atoms with E-state index in [4.69, 9.17) is 0 Å². The van der Waals surface area contributed by atoms with Crippen molar-refractivity contribution in [3.8, 4) is 0 Å². The van der Waals surface area contributed by atoms with E-state index in [1.807, 2.05) is 115 Å². The van der Waals surface area contributed by atoms with Gasteiger partial charge in [0.05, 0.1) is 10.6 Å². The Kier molecular flexibility index (Phi) is 10.7. The lowest BCUT2D eigenvalue weighted by Crippen LogP contribution is -2.56. The summed E-state index contributed by atoms with van der Waals surface area (Å²) in [5.41, 5.74) is 5.15. The monoisotopic (exact) mass is 639 g/mol. The number of hydrogen-bond acceptors (Lipinski definition) is 4. The molecule has 0 unspecified atom stereocenters. The molecule has 242 valence electrons. The molecule has 4 aromatic rings. The molecule has 0 aliphatic heterocycles. The Morgan fingerprint density at radius 2 is 1.30 bits per heavy atom. The number of anilines is 1. The average molecular weight is 640 g/mol. The van der Waals surface area contributed by atoms with Crippen molar-refractivity contribution in [1.82, 2.24) is 10.2 Å². The molecule has 4 aromatic carbocycles. The lowest BCUT2D eigenvalue weighted by Gasteiger charge is -2.35. The van der Waals surface area contributed by atoms with Gasteiger partial charge in [0.25, 0.3) is 10.0 Å². The molecular weight excluding hydrogens is 595 g/mol. The van der Waals surface area contributed by atoms with Crippen LogP contribution >= 0.6 is 0 Å². The number of amides is 2. The first-order valence-electron chi connectivity index (χ1n) is 15.5. The molecule has 46 heavy (non-hydrogen) atoms. The van der Waals surface area contributed by atoms with E-state index in [0.717, 1.165) is 27.8 Å². The second-order valence-corrected chi connectivity index (χ2v) is 14.9. The maximum Gasteiger partial charge on any atom is 0.264 e. The molecule has 1 N–H and O–H groups in total. The van der Waals surface area contributed by atoms with Gasteiger partial charge < -0.3 is 10.2 Å². The Bertz CT molecular complexity index is 1760. The van der Waals surface area contributed by atoms with Crippen molar-refractivity contribution in [2.75, 3.05) is 10.8 Å². The molecule has 2 amide bonds. The van der Waals surface area contributed by atoms with Crippen LogP contribution in [0.15, 0.2) is 102 Å². The summed E-state index contributed by atoms with van der Waals surface area (Å²) in [6.45, 7) is 12.9. The Labute approximate surface area is 274 Å². The van der Waals surface area contributed by atoms with Gasteiger partial charge in [-0.3, -0.25) is 13.9 Å². The van der Waals surface area contributed by atoms with Crippen LogP contribution < -0.4 is 9.62 Å². The van der Waals surface area contributed by atoms with E-state index < -0.39 is 34.1 Å². The lowest BCUT2D eigenvalue weighted by molar-refractivity contribution is -0.140. The predicted octanol–water partition coefficient (Wildman–Crippen LogP) is 6.67. The fourth-order valence-electron chi connectivity index (χ4n) is 5.24. The molecule has 0 saturated carbocycles. The number of carbonyl (C=O) groups excluding carboxylic acids is 2. The molecule has 0 aliphatic rings. The number of aryl methyl sites for hydroxylation is 4. The van der Waals surface area contributed by atoms with Crippen molar-refractivity contribution in [3.05, 3.63) is 130 Å². The van der Waals surface area contributed by atoms with Crippen molar-refractivity contribution < 1.29 is 18.0 Å². The Morgan fingerprint density at radius 3 is 1.89 bits per heavy atom. The summed E-state index contributed by atoms with van der Waals surface area (Å²) in [4.78, 5) is 30.3. The first kappa shape index (κ1) is 34.4. The topological polar surface area (TPSA) is 86.8 Å². The van der Waals surface area contributed by atoms with Gasteiger partial charge in [0.1, 0.15) is 12.6 Å². The molecule has 0 radical (unpaired) electrons. The van der Waals surface area contributed by atoms with Gasteiger partial charge in [-0.2, -0.15) is 0 Å². The summed E-state index contributed by atoms with van der Waals surface area (Å²) < 4.78 is 29.8. The fraction of sp³-hybridized carbons (Fsp3) is 0.316. The predicted molar refractivity (Wildman–Crippen MR) is 185 cm³/mol. The second kappa shape index (κ2) is 14.3. The molecular formula is C38H45N3O4S. The zero-order valence-corrected chi connectivity index (χ0v) is 28.7. The quantitative estimate of drug-likeness (QED) is 0.199. The van der Waals surface area contributed by atoms with Crippen LogP contribution in [-0.4, -0.2) is 43.3 Å². The van der Waals surface area contributed by atoms with E-state index in [0.29, 0.717) is 11.3 Å². The normalized spacial score (nSPS) is 12.3. The van der Waals surface area contributed by atoms with Gasteiger partial charge in [0.15, 0.2) is 0 Å². The van der Waals surface area contributed by atoms with Crippen molar-refractivity contribution in [1.29, 1.82) is 0 Å². The summed E-state index contributed by atoms with van der Waals surface area (Å²) in [5, 5.41) is 3.07. The summed E-state index contributed by atoms with van der Waals surface area (Å²) in [6.07, 6.45) is 0.258. The van der Waals surface area contributed by atoms with Crippen LogP contribution in [0.1, 0.15) is 54.2 Å². The molecule has 0 spiro atoms. The zero-order chi connectivity index (χ0) is 33.6. The Hall–Kier alpha value is -4.43. The van der Waals surface area contributed by atoms with E-state index in [1.165, 1.54) is 9.21 Å². The lowest BCUT2D eigenvalue weighted by atomic mass is 10.0. The van der Waals surface area contributed by atoms with Crippen molar-refractivity contribution in [2.24, 2.45) is 0 Å². The Balaban J connectivity index is 1.84. The molecule has 0 heterocycles. The van der Waals surface area contributed by atoms with E-state index in [9.17, 15) is 18.0 Å². The molecule has 8 heteroatoms. The summed E-state index contributed by atoms with van der Waals surface area (Å²) in [5.74, 6) is -0.793.